The molecule has 0 fully saturated rings. The van der Waals surface area contributed by atoms with Gasteiger partial charge in [0.05, 0.1) is 0 Å². The molecule has 0 saturated heterocycles. The average molecular weight is 150 g/mol. The number of aliphatic carboxylic acids is 1. The predicted octanol–water partition coefficient (Wildman–Crippen LogP) is 1.27. The number of carboxylic acids is 1. The summed E-state index contributed by atoms with van der Waals surface area (Å²) in [6, 6.07) is 0. The van der Waals surface area contributed by atoms with Crippen LogP contribution in [0.5, 0.6) is 0 Å². The summed E-state index contributed by atoms with van der Waals surface area (Å²) >= 11 is 0. The molecule has 0 aromatic carbocycles. The molecular formula is C9H10O2. The normalized spacial score (nSPS) is 7.00. The van der Waals surface area contributed by atoms with Gasteiger partial charge in [-0.3, -0.25) is 4.79 Å². The predicted molar refractivity (Wildman–Crippen MR) is 42.7 cm³/mol. The molecule has 0 aliphatic rings. The second kappa shape index (κ2) is 6.71. The molecule has 0 heterocycles. The van der Waals surface area contributed by atoms with Crippen molar-refractivity contribution >= 4 is 5.97 Å². The van der Waals surface area contributed by atoms with Gasteiger partial charge in [0.15, 0.2) is 0 Å². The Morgan fingerprint density at radius 3 is 2.55 bits per heavy atom. The van der Waals surface area contributed by atoms with Crippen LogP contribution in [-0.4, -0.2) is 11.1 Å². The number of carboxylic acid groups (broad SMARTS) is 1. The first-order valence-electron chi connectivity index (χ1n) is 3.45. The zero-order chi connectivity index (χ0) is 8.53. The van der Waals surface area contributed by atoms with E-state index in [9.17, 15) is 4.79 Å². The summed E-state index contributed by atoms with van der Waals surface area (Å²) in [5.41, 5.74) is 0. The van der Waals surface area contributed by atoms with Crippen LogP contribution in [0.25, 0.3) is 0 Å². The molecule has 0 atom stereocenters. The molecule has 0 amide bonds. The van der Waals surface area contributed by atoms with Crippen LogP contribution in [0.1, 0.15) is 26.2 Å². The van der Waals surface area contributed by atoms with Crippen LogP contribution in [0, 0.1) is 23.7 Å². The summed E-state index contributed by atoms with van der Waals surface area (Å²) in [6.07, 6.45) is 1.70. The van der Waals surface area contributed by atoms with Crippen LogP contribution in [-0.2, 0) is 4.79 Å². The lowest BCUT2D eigenvalue weighted by atomic mass is 10.3. The van der Waals surface area contributed by atoms with Crippen molar-refractivity contribution in [1.82, 2.24) is 0 Å². The highest BCUT2D eigenvalue weighted by atomic mass is 16.4. The van der Waals surface area contributed by atoms with Crippen LogP contribution in [0.3, 0.4) is 0 Å². The fourth-order valence-corrected chi connectivity index (χ4v) is 0.396. The van der Waals surface area contributed by atoms with E-state index >= 15 is 0 Å². The molecule has 0 aliphatic carbocycles. The SMILES string of the molecule is CCCC#CC#CCC(=O)O. The highest BCUT2D eigenvalue weighted by molar-refractivity contribution is 5.70. The lowest BCUT2D eigenvalue weighted by Crippen LogP contribution is -1.89. The molecule has 0 aromatic heterocycles. The maximum atomic E-state index is 9.94. The molecule has 0 spiro atoms. The molecule has 0 rings (SSSR count). The summed E-state index contributed by atoms with van der Waals surface area (Å²) < 4.78 is 0. The van der Waals surface area contributed by atoms with E-state index in [1.807, 2.05) is 6.92 Å². The number of hydrogen-bond acceptors (Lipinski definition) is 1. The average Bonchev–Trinajstić information content (AvgIpc) is 1.96. The number of rotatable bonds is 2. The minimum atomic E-state index is -0.908. The third-order valence-electron chi connectivity index (χ3n) is 0.854. The van der Waals surface area contributed by atoms with Crippen molar-refractivity contribution in [1.29, 1.82) is 0 Å². The minimum Gasteiger partial charge on any atom is -0.481 e. The summed E-state index contributed by atoms with van der Waals surface area (Å²) in [7, 11) is 0. The van der Waals surface area contributed by atoms with Crippen molar-refractivity contribution in [3.63, 3.8) is 0 Å². The fourth-order valence-electron chi connectivity index (χ4n) is 0.396. The van der Waals surface area contributed by atoms with E-state index in [4.69, 9.17) is 5.11 Å². The van der Waals surface area contributed by atoms with Gasteiger partial charge in [-0.2, -0.15) is 0 Å². The first-order valence-corrected chi connectivity index (χ1v) is 3.45. The highest BCUT2D eigenvalue weighted by Gasteiger charge is 1.86. The van der Waals surface area contributed by atoms with E-state index in [1.165, 1.54) is 0 Å². The Morgan fingerprint density at radius 2 is 2.00 bits per heavy atom. The van der Waals surface area contributed by atoms with Crippen molar-refractivity contribution in [2.45, 2.75) is 26.2 Å². The summed E-state index contributed by atoms with van der Waals surface area (Å²) in [4.78, 5) is 9.94. The zero-order valence-electron chi connectivity index (χ0n) is 6.48. The van der Waals surface area contributed by atoms with Gasteiger partial charge < -0.3 is 5.11 Å². The Hall–Kier alpha value is -1.41. The maximum absolute atomic E-state index is 9.94. The molecule has 0 saturated carbocycles. The summed E-state index contributed by atoms with van der Waals surface area (Å²) in [6.45, 7) is 2.03. The van der Waals surface area contributed by atoms with E-state index in [0.29, 0.717) is 0 Å². The number of hydrogen-bond donors (Lipinski definition) is 1. The van der Waals surface area contributed by atoms with Gasteiger partial charge in [-0.15, -0.1) is 0 Å². The first-order chi connectivity index (χ1) is 5.27. The Balaban J connectivity index is 3.57. The maximum Gasteiger partial charge on any atom is 0.315 e. The number of unbranched alkanes of at least 4 members (excludes halogenated alkanes) is 1. The molecule has 2 nitrogen and oxygen atoms in total. The zero-order valence-corrected chi connectivity index (χ0v) is 6.48. The topological polar surface area (TPSA) is 37.3 Å². The monoisotopic (exact) mass is 150 g/mol. The van der Waals surface area contributed by atoms with E-state index in [2.05, 4.69) is 23.7 Å². The molecular weight excluding hydrogens is 140 g/mol. The lowest BCUT2D eigenvalue weighted by Gasteiger charge is -1.75. The first kappa shape index (κ1) is 9.59. The van der Waals surface area contributed by atoms with Crippen LogP contribution >= 0.6 is 0 Å². The smallest absolute Gasteiger partial charge is 0.315 e. The molecule has 1 N–H and O–H groups in total. The van der Waals surface area contributed by atoms with Crippen molar-refractivity contribution in [3.05, 3.63) is 0 Å². The van der Waals surface area contributed by atoms with Crippen LogP contribution in [0.15, 0.2) is 0 Å². The van der Waals surface area contributed by atoms with Crippen molar-refractivity contribution < 1.29 is 9.90 Å². The Labute approximate surface area is 66.6 Å². The molecule has 2 heteroatoms. The van der Waals surface area contributed by atoms with Crippen LogP contribution in [0.2, 0.25) is 0 Å². The van der Waals surface area contributed by atoms with Crippen molar-refractivity contribution in [2.24, 2.45) is 0 Å². The molecule has 0 aliphatic heterocycles. The fraction of sp³-hybridized carbons (Fsp3) is 0.444. The van der Waals surface area contributed by atoms with Gasteiger partial charge in [0.25, 0.3) is 0 Å². The standard InChI is InChI=1S/C9H10O2/c1-2-3-4-5-6-7-8-9(10)11/h2-3,8H2,1H3,(H,10,11). The lowest BCUT2D eigenvalue weighted by molar-refractivity contribution is -0.135. The van der Waals surface area contributed by atoms with Gasteiger partial charge in [-0.1, -0.05) is 18.8 Å². The van der Waals surface area contributed by atoms with Gasteiger partial charge in [-0.25, -0.2) is 0 Å². The molecule has 0 radical (unpaired) electrons. The van der Waals surface area contributed by atoms with Crippen LogP contribution in [0.4, 0.5) is 0 Å². The third-order valence-corrected chi connectivity index (χ3v) is 0.854. The molecule has 11 heavy (non-hydrogen) atoms. The Bertz CT molecular complexity index is 232. The van der Waals surface area contributed by atoms with E-state index in [1.54, 1.807) is 0 Å². The largest absolute Gasteiger partial charge is 0.481 e. The summed E-state index contributed by atoms with van der Waals surface area (Å²) in [5.74, 6) is 9.33. The minimum absolute atomic E-state index is 0.124. The molecule has 0 aromatic rings. The highest BCUT2D eigenvalue weighted by Crippen LogP contribution is 1.80. The van der Waals surface area contributed by atoms with Crippen molar-refractivity contribution in [3.8, 4) is 23.7 Å². The quantitative estimate of drug-likeness (QED) is 0.602. The Kier molecular flexibility index (Phi) is 5.85. The number of carbonyl (C=O) groups is 1. The molecule has 0 bridgehead atoms. The van der Waals surface area contributed by atoms with Gasteiger partial charge in [0, 0.05) is 6.42 Å². The van der Waals surface area contributed by atoms with Gasteiger partial charge in [0.2, 0.25) is 0 Å². The van der Waals surface area contributed by atoms with E-state index in [-0.39, 0.29) is 6.42 Å². The Morgan fingerprint density at radius 1 is 1.36 bits per heavy atom. The van der Waals surface area contributed by atoms with Crippen LogP contribution < -0.4 is 0 Å². The third kappa shape index (κ3) is 8.59. The summed E-state index contributed by atoms with van der Waals surface area (Å²) in [5, 5.41) is 8.17. The second-order valence-corrected chi connectivity index (χ2v) is 1.92. The van der Waals surface area contributed by atoms with Gasteiger partial charge >= 0.3 is 5.97 Å². The van der Waals surface area contributed by atoms with Gasteiger partial charge in [-0.05, 0) is 18.3 Å². The molecule has 0 unspecified atom stereocenters. The second-order valence-electron chi connectivity index (χ2n) is 1.92. The van der Waals surface area contributed by atoms with Gasteiger partial charge in [0.1, 0.15) is 6.42 Å². The molecule has 58 valence electrons. The van der Waals surface area contributed by atoms with E-state index in [0.717, 1.165) is 12.8 Å². The van der Waals surface area contributed by atoms with Crippen molar-refractivity contribution in [2.75, 3.05) is 0 Å². The van der Waals surface area contributed by atoms with E-state index < -0.39 is 5.97 Å².